The van der Waals surface area contributed by atoms with Crippen molar-refractivity contribution in [1.29, 1.82) is 0 Å². The highest BCUT2D eigenvalue weighted by Crippen LogP contribution is 2.34. The molecule has 2 aromatic carbocycles. The zero-order valence-electron chi connectivity index (χ0n) is 17.3. The Labute approximate surface area is 171 Å². The number of rotatable bonds is 6. The topological polar surface area (TPSA) is 61.4 Å². The summed E-state index contributed by atoms with van der Waals surface area (Å²) in [6, 6.07) is 10.1. The fraction of sp³-hybridized carbons (Fsp3) is 0.409. The van der Waals surface area contributed by atoms with Crippen LogP contribution in [0.2, 0.25) is 0 Å². The van der Waals surface area contributed by atoms with Crippen molar-refractivity contribution in [2.45, 2.75) is 63.9 Å². The maximum absolute atomic E-state index is 14.4. The minimum Gasteiger partial charge on any atom is -0.386 e. The zero-order valence-corrected chi connectivity index (χ0v) is 18.1. The monoisotopic (exact) mass is 404 g/mol. The van der Waals surface area contributed by atoms with Crippen molar-refractivity contribution in [3.8, 4) is 0 Å². The Kier molecular flexibility index (Phi) is 7.12. The van der Waals surface area contributed by atoms with Gasteiger partial charge in [0.05, 0.1) is 11.3 Å². The lowest BCUT2D eigenvalue weighted by molar-refractivity contribution is 0.0784. The summed E-state index contributed by atoms with van der Waals surface area (Å²) >= 11 is 1.14. The Morgan fingerprint density at radius 1 is 1.11 bits per heavy atom. The molecule has 6 heteroatoms. The number of carbonyl (C=O) groups excluding carboxylic acids is 1. The van der Waals surface area contributed by atoms with Crippen molar-refractivity contribution in [1.82, 2.24) is 4.72 Å². The summed E-state index contributed by atoms with van der Waals surface area (Å²) in [7, 11) is 0. The highest BCUT2D eigenvalue weighted by molar-refractivity contribution is 7.98. The van der Waals surface area contributed by atoms with Crippen LogP contribution in [-0.4, -0.2) is 11.1 Å². The molecule has 4 nitrogen and oxygen atoms in total. The van der Waals surface area contributed by atoms with E-state index in [4.69, 9.17) is 0 Å². The first kappa shape index (κ1) is 22.2. The molecule has 0 bridgehead atoms. The third-order valence-electron chi connectivity index (χ3n) is 4.46. The third kappa shape index (κ3) is 5.49. The number of nitrogens with one attached hydrogen (secondary N) is 2. The molecule has 0 aliphatic heterocycles. The highest BCUT2D eigenvalue weighted by Gasteiger charge is 2.20. The quantitative estimate of drug-likeness (QED) is 0.508. The van der Waals surface area contributed by atoms with Gasteiger partial charge in [0.1, 0.15) is 5.82 Å². The van der Waals surface area contributed by atoms with Crippen LogP contribution in [0.1, 0.15) is 70.1 Å². The lowest BCUT2D eigenvalue weighted by atomic mass is 9.92. The van der Waals surface area contributed by atoms with E-state index in [0.29, 0.717) is 11.3 Å². The molecule has 0 heterocycles. The number of carbonyl (C=O) groups is 1. The van der Waals surface area contributed by atoms with Gasteiger partial charge in [-0.3, -0.25) is 4.72 Å². The summed E-state index contributed by atoms with van der Waals surface area (Å²) < 4.78 is 17.1. The van der Waals surface area contributed by atoms with Crippen molar-refractivity contribution < 1.29 is 14.3 Å². The van der Waals surface area contributed by atoms with Crippen LogP contribution in [-0.2, 0) is 5.60 Å². The zero-order chi connectivity index (χ0) is 21.1. The van der Waals surface area contributed by atoms with Gasteiger partial charge in [-0.1, -0.05) is 45.9 Å². The summed E-state index contributed by atoms with van der Waals surface area (Å²) in [6.07, 6.45) is 0. The number of anilines is 1. The molecule has 0 unspecified atom stereocenters. The number of benzene rings is 2. The summed E-state index contributed by atoms with van der Waals surface area (Å²) in [6.45, 7) is 11.3. The largest absolute Gasteiger partial charge is 0.386 e. The average Bonchev–Trinajstić information content (AvgIpc) is 2.59. The van der Waals surface area contributed by atoms with E-state index in [-0.39, 0.29) is 17.7 Å². The van der Waals surface area contributed by atoms with E-state index in [1.54, 1.807) is 19.9 Å². The van der Waals surface area contributed by atoms with Gasteiger partial charge in [0.15, 0.2) is 0 Å². The Bertz CT molecular complexity index is 845. The number of urea groups is 1. The van der Waals surface area contributed by atoms with Crippen LogP contribution in [0.25, 0.3) is 0 Å². The molecule has 0 aliphatic carbocycles. The summed E-state index contributed by atoms with van der Waals surface area (Å²) in [5.41, 5.74) is 1.74. The van der Waals surface area contributed by atoms with E-state index in [0.717, 1.165) is 28.0 Å². The summed E-state index contributed by atoms with van der Waals surface area (Å²) in [4.78, 5) is 13.3. The smallest absolute Gasteiger partial charge is 0.329 e. The first-order valence-electron chi connectivity index (χ1n) is 9.39. The fourth-order valence-electron chi connectivity index (χ4n) is 2.98. The number of hydrogen-bond acceptors (Lipinski definition) is 3. The molecule has 0 spiro atoms. The highest BCUT2D eigenvalue weighted by atomic mass is 32.2. The molecule has 0 radical (unpaired) electrons. The minimum absolute atomic E-state index is 0.0647. The molecule has 0 fully saturated rings. The van der Waals surface area contributed by atoms with E-state index >= 15 is 0 Å². The number of aliphatic hydroxyl groups is 1. The maximum Gasteiger partial charge on any atom is 0.329 e. The molecule has 0 saturated carbocycles. The van der Waals surface area contributed by atoms with E-state index in [9.17, 15) is 14.3 Å². The van der Waals surface area contributed by atoms with Crippen LogP contribution < -0.4 is 10.0 Å². The second-order valence-corrected chi connectivity index (χ2v) is 8.86. The van der Waals surface area contributed by atoms with Gasteiger partial charge in [0.2, 0.25) is 0 Å². The number of halogens is 1. The number of hydrogen-bond donors (Lipinski definition) is 3. The molecule has 3 N–H and O–H groups in total. The molecule has 0 aliphatic rings. The normalized spacial score (nSPS) is 11.8. The SMILES string of the molecule is CC(C)c1ccc(F)c(C(C)C)c1NC(=O)NSc1cccc(C(C)(C)O)c1. The summed E-state index contributed by atoms with van der Waals surface area (Å²) in [5, 5.41) is 13.0. The van der Waals surface area contributed by atoms with Crippen LogP contribution in [0.3, 0.4) is 0 Å². The van der Waals surface area contributed by atoms with Crippen LogP contribution in [0.15, 0.2) is 41.3 Å². The maximum atomic E-state index is 14.4. The Morgan fingerprint density at radius 3 is 2.36 bits per heavy atom. The van der Waals surface area contributed by atoms with E-state index in [1.807, 2.05) is 52.0 Å². The first-order chi connectivity index (χ1) is 13.0. The van der Waals surface area contributed by atoms with Crippen molar-refractivity contribution >= 4 is 23.7 Å². The van der Waals surface area contributed by atoms with Gasteiger partial charge in [0, 0.05) is 10.5 Å². The second kappa shape index (κ2) is 8.97. The lowest BCUT2D eigenvalue weighted by Gasteiger charge is -2.21. The van der Waals surface area contributed by atoms with Gasteiger partial charge in [0.25, 0.3) is 0 Å². The molecule has 0 aromatic heterocycles. The molecular formula is C22H29FN2O2S. The molecule has 28 heavy (non-hydrogen) atoms. The first-order valence-corrected chi connectivity index (χ1v) is 10.2. The van der Waals surface area contributed by atoms with E-state index in [2.05, 4.69) is 10.0 Å². The van der Waals surface area contributed by atoms with Gasteiger partial charge in [-0.05, 0) is 67.0 Å². The van der Waals surface area contributed by atoms with Crippen molar-refractivity contribution in [3.63, 3.8) is 0 Å². The van der Waals surface area contributed by atoms with E-state index < -0.39 is 11.6 Å². The van der Waals surface area contributed by atoms with E-state index in [1.165, 1.54) is 6.07 Å². The van der Waals surface area contributed by atoms with Crippen LogP contribution in [0.5, 0.6) is 0 Å². The van der Waals surface area contributed by atoms with Crippen LogP contribution in [0.4, 0.5) is 14.9 Å². The Hall–Kier alpha value is -2.05. The van der Waals surface area contributed by atoms with Crippen molar-refractivity contribution in [2.75, 3.05) is 5.32 Å². The molecule has 2 aromatic rings. The van der Waals surface area contributed by atoms with Crippen LogP contribution >= 0.6 is 11.9 Å². The second-order valence-electron chi connectivity index (χ2n) is 7.98. The third-order valence-corrected chi connectivity index (χ3v) is 5.24. The van der Waals surface area contributed by atoms with Gasteiger partial charge in [-0.15, -0.1) is 0 Å². The van der Waals surface area contributed by atoms with Gasteiger partial charge in [-0.2, -0.15) is 0 Å². The lowest BCUT2D eigenvalue weighted by Crippen LogP contribution is -2.25. The Balaban J connectivity index is 2.19. The summed E-state index contributed by atoms with van der Waals surface area (Å²) in [5.74, 6) is -0.241. The van der Waals surface area contributed by atoms with Gasteiger partial charge >= 0.3 is 6.03 Å². The average molecular weight is 405 g/mol. The minimum atomic E-state index is -0.960. The molecule has 0 saturated heterocycles. The molecule has 2 rings (SSSR count). The van der Waals surface area contributed by atoms with Crippen molar-refractivity contribution in [3.05, 3.63) is 58.9 Å². The fourth-order valence-corrected chi connectivity index (χ4v) is 3.57. The van der Waals surface area contributed by atoms with Crippen molar-refractivity contribution in [2.24, 2.45) is 0 Å². The number of amides is 2. The molecule has 152 valence electrons. The molecule has 0 atom stereocenters. The predicted octanol–water partition coefficient (Wildman–Crippen LogP) is 6.13. The predicted molar refractivity (Wildman–Crippen MR) is 114 cm³/mol. The van der Waals surface area contributed by atoms with Gasteiger partial charge in [-0.25, -0.2) is 9.18 Å². The Morgan fingerprint density at radius 2 is 1.79 bits per heavy atom. The molecule has 2 amide bonds. The standard InChI is InChI=1S/C22H29FN2O2S/c1-13(2)17-10-11-18(23)19(14(3)4)20(17)24-21(26)25-28-16-9-7-8-15(12-16)22(5,6)27/h7-14,27H,1-6H3,(H2,24,25,26). The van der Waals surface area contributed by atoms with Crippen LogP contribution in [0, 0.1) is 5.82 Å². The molecular weight excluding hydrogens is 375 g/mol. The van der Waals surface area contributed by atoms with Gasteiger partial charge < -0.3 is 10.4 Å².